The predicted octanol–water partition coefficient (Wildman–Crippen LogP) is 2.37. The van der Waals surface area contributed by atoms with Crippen molar-refractivity contribution >= 4 is 21.4 Å². The summed E-state index contributed by atoms with van der Waals surface area (Å²) in [6.07, 6.45) is 0. The summed E-state index contributed by atoms with van der Waals surface area (Å²) < 4.78 is 25.8. The first kappa shape index (κ1) is 15.8. The first-order valence-corrected chi connectivity index (χ1v) is 9.02. The van der Waals surface area contributed by atoms with Crippen molar-refractivity contribution in [3.05, 3.63) is 54.1 Å². The van der Waals surface area contributed by atoms with Gasteiger partial charge in [0.2, 0.25) is 10.0 Å². The van der Waals surface area contributed by atoms with E-state index >= 15 is 0 Å². The van der Waals surface area contributed by atoms with E-state index in [1.165, 1.54) is 4.31 Å². The van der Waals surface area contributed by atoms with Crippen LogP contribution in [0.5, 0.6) is 0 Å². The first-order valence-electron chi connectivity index (χ1n) is 7.58. The molecule has 0 atom stereocenters. The average Bonchev–Trinajstić information content (AvgIpc) is 2.55. The van der Waals surface area contributed by atoms with Gasteiger partial charge in [0, 0.05) is 33.7 Å². The van der Waals surface area contributed by atoms with E-state index in [1.54, 1.807) is 32.3 Å². The molecule has 0 unspecified atom stereocenters. The Kier molecular flexibility index (Phi) is 4.28. The molecule has 0 fully saturated rings. The van der Waals surface area contributed by atoms with Crippen molar-refractivity contribution in [2.24, 2.45) is 0 Å². The Morgan fingerprint density at radius 1 is 1.13 bits per heavy atom. The van der Waals surface area contributed by atoms with Gasteiger partial charge in [0.05, 0.1) is 16.3 Å². The predicted molar refractivity (Wildman–Crippen MR) is 93.3 cm³/mol. The molecule has 1 N–H and O–H groups in total. The molecule has 0 radical (unpaired) electrons. The van der Waals surface area contributed by atoms with Gasteiger partial charge < -0.3 is 10.2 Å². The van der Waals surface area contributed by atoms with Gasteiger partial charge in [0.15, 0.2) is 0 Å². The fourth-order valence-corrected chi connectivity index (χ4v) is 3.72. The molecule has 122 valence electrons. The Balaban J connectivity index is 1.88. The summed E-state index contributed by atoms with van der Waals surface area (Å²) in [6.45, 7) is 2.46. The van der Waals surface area contributed by atoms with Crippen LogP contribution in [-0.4, -0.2) is 39.9 Å². The summed E-state index contributed by atoms with van der Waals surface area (Å²) >= 11 is 0. The van der Waals surface area contributed by atoms with E-state index in [4.69, 9.17) is 0 Å². The molecule has 2 aromatic carbocycles. The second-order valence-corrected chi connectivity index (χ2v) is 7.95. The Morgan fingerprint density at radius 2 is 1.91 bits per heavy atom. The molecule has 1 aliphatic heterocycles. The molecule has 0 saturated carbocycles. The molecule has 0 saturated heterocycles. The molecular weight excluding hydrogens is 310 g/mol. The third-order valence-corrected chi connectivity index (χ3v) is 5.80. The molecule has 23 heavy (non-hydrogen) atoms. The first-order chi connectivity index (χ1) is 11.0. The summed E-state index contributed by atoms with van der Waals surface area (Å²) in [4.78, 5) is 2.61. The maximum atomic E-state index is 12.3. The van der Waals surface area contributed by atoms with E-state index in [1.807, 2.05) is 18.2 Å². The number of anilines is 2. The number of hydrogen-bond donors (Lipinski definition) is 1. The summed E-state index contributed by atoms with van der Waals surface area (Å²) in [7, 11) is -0.298. The minimum atomic E-state index is -3.40. The Bertz CT molecular complexity index is 803. The minimum Gasteiger partial charge on any atom is -0.382 e. The Hall–Kier alpha value is -2.05. The number of rotatable bonds is 4. The van der Waals surface area contributed by atoms with Crippen molar-refractivity contribution < 1.29 is 8.42 Å². The molecule has 5 nitrogen and oxygen atoms in total. The maximum absolute atomic E-state index is 12.3. The SMILES string of the molecule is CN(C)S(=O)(=O)c1cccc(CN2CCNc3ccccc32)c1. The van der Waals surface area contributed by atoms with Crippen molar-refractivity contribution in [2.75, 3.05) is 37.4 Å². The van der Waals surface area contributed by atoms with Crippen LogP contribution in [0.3, 0.4) is 0 Å². The number of hydrogen-bond acceptors (Lipinski definition) is 4. The van der Waals surface area contributed by atoms with Crippen molar-refractivity contribution in [3.63, 3.8) is 0 Å². The van der Waals surface area contributed by atoms with Crippen molar-refractivity contribution in [2.45, 2.75) is 11.4 Å². The largest absolute Gasteiger partial charge is 0.382 e. The van der Waals surface area contributed by atoms with Gasteiger partial charge in [0.1, 0.15) is 0 Å². The third kappa shape index (κ3) is 3.18. The van der Waals surface area contributed by atoms with Gasteiger partial charge in [-0.3, -0.25) is 0 Å². The molecular formula is C17H21N3O2S. The number of sulfonamides is 1. The van der Waals surface area contributed by atoms with Crippen LogP contribution in [0.25, 0.3) is 0 Å². The van der Waals surface area contributed by atoms with Crippen molar-refractivity contribution in [3.8, 4) is 0 Å². The van der Waals surface area contributed by atoms with Crippen LogP contribution in [0, 0.1) is 0 Å². The van der Waals surface area contributed by atoms with Crippen molar-refractivity contribution in [1.29, 1.82) is 0 Å². The number of para-hydroxylation sites is 2. The molecule has 1 aliphatic rings. The smallest absolute Gasteiger partial charge is 0.242 e. The zero-order valence-corrected chi connectivity index (χ0v) is 14.2. The van der Waals surface area contributed by atoms with Gasteiger partial charge in [-0.2, -0.15) is 0 Å². The average molecular weight is 331 g/mol. The molecule has 6 heteroatoms. The highest BCUT2D eigenvalue weighted by molar-refractivity contribution is 7.89. The molecule has 0 amide bonds. The second kappa shape index (κ2) is 6.22. The maximum Gasteiger partial charge on any atom is 0.242 e. The van der Waals surface area contributed by atoms with E-state index in [0.29, 0.717) is 11.4 Å². The zero-order chi connectivity index (χ0) is 16.4. The number of nitrogens with one attached hydrogen (secondary N) is 1. The summed E-state index contributed by atoms with van der Waals surface area (Å²) in [5.74, 6) is 0. The lowest BCUT2D eigenvalue weighted by Crippen LogP contribution is -2.33. The van der Waals surface area contributed by atoms with Gasteiger partial charge in [-0.15, -0.1) is 0 Å². The standard InChI is InChI=1S/C17H21N3O2S/c1-19(2)23(21,22)15-7-5-6-14(12-15)13-20-11-10-18-16-8-3-4-9-17(16)20/h3-9,12,18H,10-11,13H2,1-2H3. The molecule has 3 rings (SSSR count). The van der Waals surface area contributed by atoms with E-state index in [0.717, 1.165) is 30.0 Å². The molecule has 2 aromatic rings. The van der Waals surface area contributed by atoms with Gasteiger partial charge in [-0.25, -0.2) is 12.7 Å². The second-order valence-electron chi connectivity index (χ2n) is 5.80. The highest BCUT2D eigenvalue weighted by Crippen LogP contribution is 2.29. The van der Waals surface area contributed by atoms with E-state index in [9.17, 15) is 8.42 Å². The van der Waals surface area contributed by atoms with Crippen LogP contribution in [0.4, 0.5) is 11.4 Å². The molecule has 1 heterocycles. The number of nitrogens with zero attached hydrogens (tertiary/aromatic N) is 2. The number of benzene rings is 2. The van der Waals surface area contributed by atoms with Crippen LogP contribution < -0.4 is 10.2 Å². The Morgan fingerprint density at radius 3 is 2.70 bits per heavy atom. The van der Waals surface area contributed by atoms with Crippen LogP contribution in [-0.2, 0) is 16.6 Å². The monoisotopic (exact) mass is 331 g/mol. The minimum absolute atomic E-state index is 0.336. The van der Waals surface area contributed by atoms with Gasteiger partial charge >= 0.3 is 0 Å². The topological polar surface area (TPSA) is 52.7 Å². The summed E-state index contributed by atoms with van der Waals surface area (Å²) in [6, 6.07) is 15.4. The molecule has 0 spiro atoms. The van der Waals surface area contributed by atoms with Crippen molar-refractivity contribution in [1.82, 2.24) is 4.31 Å². The van der Waals surface area contributed by atoms with Crippen LogP contribution in [0.1, 0.15) is 5.56 Å². The van der Waals surface area contributed by atoms with E-state index in [-0.39, 0.29) is 0 Å². The summed E-state index contributed by atoms with van der Waals surface area (Å²) in [5, 5.41) is 3.38. The van der Waals surface area contributed by atoms with Gasteiger partial charge in [-0.05, 0) is 29.8 Å². The quantitative estimate of drug-likeness (QED) is 0.934. The van der Waals surface area contributed by atoms with Crippen LogP contribution >= 0.6 is 0 Å². The lowest BCUT2D eigenvalue weighted by atomic mass is 10.1. The van der Waals surface area contributed by atoms with Gasteiger partial charge in [-0.1, -0.05) is 24.3 Å². The Labute approximate surface area is 137 Å². The fraction of sp³-hybridized carbons (Fsp3) is 0.294. The molecule has 0 aromatic heterocycles. The van der Waals surface area contributed by atoms with Gasteiger partial charge in [0.25, 0.3) is 0 Å². The highest BCUT2D eigenvalue weighted by atomic mass is 32.2. The molecule has 0 aliphatic carbocycles. The van der Waals surface area contributed by atoms with E-state index in [2.05, 4.69) is 22.3 Å². The van der Waals surface area contributed by atoms with Crippen LogP contribution in [0.15, 0.2) is 53.4 Å². The third-order valence-electron chi connectivity index (χ3n) is 3.99. The highest BCUT2D eigenvalue weighted by Gasteiger charge is 2.19. The molecule has 0 bridgehead atoms. The van der Waals surface area contributed by atoms with E-state index < -0.39 is 10.0 Å². The fourth-order valence-electron chi connectivity index (χ4n) is 2.74. The normalized spacial score (nSPS) is 14.5. The summed E-state index contributed by atoms with van der Waals surface area (Å²) in [5.41, 5.74) is 3.26. The van der Waals surface area contributed by atoms with Crippen LogP contribution in [0.2, 0.25) is 0 Å². The lowest BCUT2D eigenvalue weighted by molar-refractivity contribution is 0.520. The zero-order valence-electron chi connectivity index (χ0n) is 13.4. The number of fused-ring (bicyclic) bond motifs is 1. The lowest BCUT2D eigenvalue weighted by Gasteiger charge is -2.32.